The van der Waals surface area contributed by atoms with Crippen LogP contribution in [0, 0.1) is 12.8 Å². The molecule has 2 N–H and O–H groups in total. The molecule has 0 saturated heterocycles. The van der Waals surface area contributed by atoms with Gasteiger partial charge >= 0.3 is 6.03 Å². The molecule has 1 atom stereocenters. The Hall–Kier alpha value is -1.59. The van der Waals surface area contributed by atoms with Crippen LogP contribution in [0.3, 0.4) is 0 Å². The molecule has 1 saturated carbocycles. The normalized spacial score (nSPS) is 16.7. The third kappa shape index (κ3) is 3.72. The summed E-state index contributed by atoms with van der Waals surface area (Å²) >= 11 is 0. The van der Waals surface area contributed by atoms with E-state index in [-0.39, 0.29) is 12.1 Å². The monoisotopic (exact) mass is 252 g/mol. The van der Waals surface area contributed by atoms with Gasteiger partial charge < -0.3 is 15.1 Å². The highest BCUT2D eigenvalue weighted by Crippen LogP contribution is 2.21. The molecule has 6 nitrogen and oxygen atoms in total. The van der Waals surface area contributed by atoms with Gasteiger partial charge in [0.1, 0.15) is 6.04 Å². The van der Waals surface area contributed by atoms with E-state index < -0.39 is 0 Å². The molecule has 0 radical (unpaired) electrons. The standard InChI is InChI=1S/C12H20N4O2/c1-7(2)6-10(11-16-15-8(3)18-11)14-12(17)13-9-4-5-9/h7,9-10H,4-6H2,1-3H3,(H2,13,14,17). The van der Waals surface area contributed by atoms with E-state index in [1.54, 1.807) is 6.92 Å². The molecule has 1 aliphatic carbocycles. The summed E-state index contributed by atoms with van der Waals surface area (Å²) in [4.78, 5) is 11.8. The molecule has 18 heavy (non-hydrogen) atoms. The number of urea groups is 1. The fourth-order valence-electron chi connectivity index (χ4n) is 1.76. The minimum atomic E-state index is -0.218. The van der Waals surface area contributed by atoms with Crippen LogP contribution in [-0.4, -0.2) is 22.3 Å². The number of hydrogen-bond donors (Lipinski definition) is 2. The number of aryl methyl sites for hydroxylation is 1. The van der Waals surface area contributed by atoms with Gasteiger partial charge in [-0.1, -0.05) is 13.8 Å². The van der Waals surface area contributed by atoms with E-state index in [9.17, 15) is 4.79 Å². The summed E-state index contributed by atoms with van der Waals surface area (Å²) in [6.45, 7) is 5.93. The van der Waals surface area contributed by atoms with Crippen molar-refractivity contribution in [2.45, 2.75) is 52.1 Å². The Labute approximate surface area is 107 Å². The molecule has 1 unspecified atom stereocenters. The van der Waals surface area contributed by atoms with Crippen LogP contribution >= 0.6 is 0 Å². The lowest BCUT2D eigenvalue weighted by Gasteiger charge is -2.17. The molecule has 1 aromatic rings. The Morgan fingerprint density at radius 3 is 2.67 bits per heavy atom. The van der Waals surface area contributed by atoms with Gasteiger partial charge in [0.25, 0.3) is 0 Å². The van der Waals surface area contributed by atoms with Gasteiger partial charge in [-0.3, -0.25) is 0 Å². The van der Waals surface area contributed by atoms with Crippen molar-refractivity contribution in [1.29, 1.82) is 0 Å². The summed E-state index contributed by atoms with van der Waals surface area (Å²) in [5, 5.41) is 13.6. The molecular formula is C12H20N4O2. The summed E-state index contributed by atoms with van der Waals surface area (Å²) in [7, 11) is 0. The SMILES string of the molecule is Cc1nnc(C(CC(C)C)NC(=O)NC2CC2)o1. The number of nitrogens with zero attached hydrogens (tertiary/aromatic N) is 2. The average molecular weight is 252 g/mol. The summed E-state index contributed by atoms with van der Waals surface area (Å²) in [6, 6.07) is -0.0296. The van der Waals surface area contributed by atoms with Crippen molar-refractivity contribution in [3.05, 3.63) is 11.8 Å². The first-order chi connectivity index (χ1) is 8.54. The molecule has 0 aliphatic heterocycles. The van der Waals surface area contributed by atoms with E-state index >= 15 is 0 Å². The van der Waals surface area contributed by atoms with Crippen molar-refractivity contribution in [3.8, 4) is 0 Å². The number of amides is 2. The number of carbonyl (C=O) groups excluding carboxylic acids is 1. The molecule has 1 fully saturated rings. The molecule has 2 amide bonds. The first-order valence-corrected chi connectivity index (χ1v) is 6.41. The van der Waals surface area contributed by atoms with Crippen molar-refractivity contribution in [2.24, 2.45) is 5.92 Å². The van der Waals surface area contributed by atoms with Crippen LogP contribution in [0.1, 0.15) is 50.9 Å². The van der Waals surface area contributed by atoms with Gasteiger partial charge in [-0.15, -0.1) is 10.2 Å². The zero-order valence-electron chi connectivity index (χ0n) is 11.1. The smallest absolute Gasteiger partial charge is 0.315 e. The Kier molecular flexibility index (Phi) is 3.84. The van der Waals surface area contributed by atoms with Crippen molar-refractivity contribution in [1.82, 2.24) is 20.8 Å². The van der Waals surface area contributed by atoms with E-state index in [1.807, 2.05) is 0 Å². The lowest BCUT2D eigenvalue weighted by atomic mass is 10.0. The number of rotatable bonds is 5. The highest BCUT2D eigenvalue weighted by atomic mass is 16.4. The maximum absolute atomic E-state index is 11.8. The van der Waals surface area contributed by atoms with Crippen LogP contribution in [0.2, 0.25) is 0 Å². The van der Waals surface area contributed by atoms with Crippen molar-refractivity contribution in [3.63, 3.8) is 0 Å². The largest absolute Gasteiger partial charge is 0.423 e. The summed E-state index contributed by atoms with van der Waals surface area (Å²) in [5.41, 5.74) is 0. The van der Waals surface area contributed by atoms with E-state index in [0.717, 1.165) is 19.3 Å². The molecule has 0 aromatic carbocycles. The molecule has 2 rings (SSSR count). The molecule has 1 aromatic heterocycles. The van der Waals surface area contributed by atoms with E-state index in [1.165, 1.54) is 0 Å². The molecular weight excluding hydrogens is 232 g/mol. The van der Waals surface area contributed by atoms with Gasteiger partial charge in [-0.2, -0.15) is 0 Å². The third-order valence-electron chi connectivity index (χ3n) is 2.76. The third-order valence-corrected chi connectivity index (χ3v) is 2.76. The minimum absolute atomic E-state index is 0.154. The molecule has 1 heterocycles. The van der Waals surface area contributed by atoms with Crippen LogP contribution in [0.25, 0.3) is 0 Å². The highest BCUT2D eigenvalue weighted by Gasteiger charge is 2.26. The topological polar surface area (TPSA) is 80.0 Å². The van der Waals surface area contributed by atoms with Gasteiger partial charge in [-0.25, -0.2) is 4.79 Å². The maximum Gasteiger partial charge on any atom is 0.315 e. The number of nitrogens with one attached hydrogen (secondary N) is 2. The minimum Gasteiger partial charge on any atom is -0.423 e. The summed E-state index contributed by atoms with van der Waals surface area (Å²) in [5.74, 6) is 1.43. The second kappa shape index (κ2) is 5.37. The average Bonchev–Trinajstić information content (AvgIpc) is 2.96. The number of carbonyl (C=O) groups is 1. The summed E-state index contributed by atoms with van der Waals surface area (Å²) < 4.78 is 5.40. The molecule has 6 heteroatoms. The predicted octanol–water partition coefficient (Wildman–Crippen LogP) is 1.93. The van der Waals surface area contributed by atoms with Crippen LogP contribution in [0.15, 0.2) is 4.42 Å². The second-order valence-corrected chi connectivity index (χ2v) is 5.23. The highest BCUT2D eigenvalue weighted by molar-refractivity contribution is 5.74. The fraction of sp³-hybridized carbons (Fsp3) is 0.750. The number of hydrogen-bond acceptors (Lipinski definition) is 4. The predicted molar refractivity (Wildman–Crippen MR) is 65.9 cm³/mol. The number of aromatic nitrogens is 2. The second-order valence-electron chi connectivity index (χ2n) is 5.23. The van der Waals surface area contributed by atoms with Gasteiger partial charge in [0.05, 0.1) is 0 Å². The van der Waals surface area contributed by atoms with E-state index in [0.29, 0.717) is 23.7 Å². The Bertz CT molecular complexity index is 412. The van der Waals surface area contributed by atoms with Crippen LogP contribution < -0.4 is 10.6 Å². The van der Waals surface area contributed by atoms with Gasteiger partial charge in [0.15, 0.2) is 0 Å². The lowest BCUT2D eigenvalue weighted by Crippen LogP contribution is -2.39. The molecule has 100 valence electrons. The van der Waals surface area contributed by atoms with E-state index in [2.05, 4.69) is 34.7 Å². The van der Waals surface area contributed by atoms with Gasteiger partial charge in [0, 0.05) is 13.0 Å². The Morgan fingerprint density at radius 2 is 2.17 bits per heavy atom. The zero-order chi connectivity index (χ0) is 13.1. The van der Waals surface area contributed by atoms with Gasteiger partial charge in [-0.05, 0) is 25.2 Å². The Morgan fingerprint density at radius 1 is 1.44 bits per heavy atom. The van der Waals surface area contributed by atoms with Gasteiger partial charge in [0.2, 0.25) is 11.8 Å². The molecule has 0 spiro atoms. The van der Waals surface area contributed by atoms with Crippen LogP contribution in [0.4, 0.5) is 4.79 Å². The van der Waals surface area contributed by atoms with Crippen LogP contribution in [0.5, 0.6) is 0 Å². The fourth-order valence-corrected chi connectivity index (χ4v) is 1.76. The van der Waals surface area contributed by atoms with E-state index in [4.69, 9.17) is 4.42 Å². The first kappa shape index (κ1) is 12.9. The van der Waals surface area contributed by atoms with Crippen molar-refractivity contribution < 1.29 is 9.21 Å². The molecule has 0 bridgehead atoms. The first-order valence-electron chi connectivity index (χ1n) is 6.41. The van der Waals surface area contributed by atoms with Crippen LogP contribution in [-0.2, 0) is 0 Å². The Balaban J connectivity index is 1.97. The maximum atomic E-state index is 11.8. The quantitative estimate of drug-likeness (QED) is 0.839. The van der Waals surface area contributed by atoms with Crippen molar-refractivity contribution in [2.75, 3.05) is 0 Å². The van der Waals surface area contributed by atoms with Crippen molar-refractivity contribution >= 4 is 6.03 Å². The molecule has 1 aliphatic rings. The lowest BCUT2D eigenvalue weighted by molar-refractivity contribution is 0.230. The zero-order valence-corrected chi connectivity index (χ0v) is 11.1. The summed E-state index contributed by atoms with van der Waals surface area (Å²) in [6.07, 6.45) is 2.92.